The monoisotopic (exact) mass is 334 g/mol. The topological polar surface area (TPSA) is 17.1 Å². The van der Waals surface area contributed by atoms with E-state index in [4.69, 9.17) is 0 Å². The Kier molecular flexibility index (Phi) is 10.1. The molecule has 0 saturated heterocycles. The molecule has 0 amide bonds. The summed E-state index contributed by atoms with van der Waals surface area (Å²) in [6, 6.07) is 0. The summed E-state index contributed by atoms with van der Waals surface area (Å²) in [7, 11) is 0. The van der Waals surface area contributed by atoms with Crippen molar-refractivity contribution in [3.63, 3.8) is 0 Å². The Balaban J connectivity index is 1.46. The number of unbranched alkanes of at least 4 members (excludes halogenated alkanes) is 4. The molecule has 0 N–H and O–H groups in total. The molecule has 2 rings (SSSR count). The Morgan fingerprint density at radius 3 is 2.17 bits per heavy atom. The van der Waals surface area contributed by atoms with Crippen LogP contribution in [-0.4, -0.2) is 6.29 Å². The van der Waals surface area contributed by atoms with Crippen LogP contribution >= 0.6 is 0 Å². The lowest BCUT2D eigenvalue weighted by atomic mass is 9.77. The van der Waals surface area contributed by atoms with E-state index >= 15 is 0 Å². The van der Waals surface area contributed by atoms with Crippen LogP contribution in [0.2, 0.25) is 0 Å². The molecule has 24 heavy (non-hydrogen) atoms. The molecule has 2 saturated carbocycles. The van der Waals surface area contributed by atoms with Crippen LogP contribution in [0, 0.1) is 23.7 Å². The average molecular weight is 335 g/mol. The molecule has 0 aromatic rings. The molecule has 0 spiro atoms. The first-order chi connectivity index (χ1) is 11.8. The van der Waals surface area contributed by atoms with Crippen LogP contribution in [0.25, 0.3) is 0 Å². The number of hydrogen-bond acceptors (Lipinski definition) is 1. The third-order valence-corrected chi connectivity index (χ3v) is 6.92. The highest BCUT2D eigenvalue weighted by Crippen LogP contribution is 2.35. The molecular weight excluding hydrogens is 292 g/mol. The summed E-state index contributed by atoms with van der Waals surface area (Å²) in [5.74, 6) is 3.20. The first-order valence-corrected chi connectivity index (χ1v) is 11.3. The van der Waals surface area contributed by atoms with Crippen LogP contribution in [0.15, 0.2) is 0 Å². The molecule has 0 radical (unpaired) electrons. The fourth-order valence-electron chi connectivity index (χ4n) is 5.48. The van der Waals surface area contributed by atoms with Crippen molar-refractivity contribution in [3.8, 4) is 0 Å². The summed E-state index contributed by atoms with van der Waals surface area (Å²) in [6.07, 6.45) is 25.1. The fourth-order valence-corrected chi connectivity index (χ4v) is 5.48. The van der Waals surface area contributed by atoms with Gasteiger partial charge in [-0.05, 0) is 43.4 Å². The van der Waals surface area contributed by atoms with Crippen LogP contribution in [0.4, 0.5) is 0 Å². The van der Waals surface area contributed by atoms with Gasteiger partial charge in [-0.3, -0.25) is 0 Å². The van der Waals surface area contributed by atoms with Gasteiger partial charge >= 0.3 is 0 Å². The van der Waals surface area contributed by atoms with Gasteiger partial charge in [-0.25, -0.2) is 0 Å². The zero-order chi connectivity index (χ0) is 17.0. The van der Waals surface area contributed by atoms with Gasteiger partial charge in [0.05, 0.1) is 0 Å². The van der Waals surface area contributed by atoms with E-state index in [1.54, 1.807) is 0 Å². The molecule has 0 aliphatic heterocycles. The quantitative estimate of drug-likeness (QED) is 0.285. The number of carbonyl (C=O) groups excluding carboxylic acids is 1. The fraction of sp³-hybridized carbons (Fsp3) is 0.957. The van der Waals surface area contributed by atoms with Crippen molar-refractivity contribution < 1.29 is 4.79 Å². The minimum absolute atomic E-state index is 0.390. The van der Waals surface area contributed by atoms with E-state index in [2.05, 4.69) is 6.92 Å². The molecule has 2 fully saturated rings. The summed E-state index contributed by atoms with van der Waals surface area (Å²) < 4.78 is 0. The summed E-state index contributed by atoms with van der Waals surface area (Å²) in [6.45, 7) is 2.34. The Labute approximate surface area is 151 Å². The van der Waals surface area contributed by atoms with E-state index in [-0.39, 0.29) is 0 Å². The van der Waals surface area contributed by atoms with Crippen LogP contribution in [0.1, 0.15) is 116 Å². The van der Waals surface area contributed by atoms with Crippen LogP contribution in [-0.2, 0) is 4.79 Å². The average Bonchev–Trinajstić information content (AvgIpc) is 2.62. The molecule has 140 valence electrons. The van der Waals surface area contributed by atoms with Gasteiger partial charge in [-0.2, -0.15) is 0 Å². The second kappa shape index (κ2) is 12.1. The van der Waals surface area contributed by atoms with E-state index in [0.29, 0.717) is 11.8 Å². The first kappa shape index (κ1) is 20.0. The standard InChI is InChI=1S/C23H42O/c1-2-11-20-13-10-14-21(18-20)12-6-4-3-5-7-15-22-16-8-9-17-23(22)19-24/h19-23H,2-18H2,1H3. The van der Waals surface area contributed by atoms with Crippen LogP contribution in [0.5, 0.6) is 0 Å². The lowest BCUT2D eigenvalue weighted by molar-refractivity contribution is -0.113. The second-order valence-electron chi connectivity index (χ2n) is 8.88. The van der Waals surface area contributed by atoms with E-state index in [9.17, 15) is 4.79 Å². The first-order valence-electron chi connectivity index (χ1n) is 11.3. The highest BCUT2D eigenvalue weighted by Gasteiger charge is 2.24. The Morgan fingerprint density at radius 1 is 0.750 bits per heavy atom. The minimum atomic E-state index is 0.390. The van der Waals surface area contributed by atoms with Gasteiger partial charge in [0, 0.05) is 5.92 Å². The maximum absolute atomic E-state index is 11.2. The van der Waals surface area contributed by atoms with Gasteiger partial charge < -0.3 is 4.79 Å². The Hall–Kier alpha value is -0.330. The van der Waals surface area contributed by atoms with Crippen LogP contribution in [0.3, 0.4) is 0 Å². The van der Waals surface area contributed by atoms with Gasteiger partial charge in [0.1, 0.15) is 6.29 Å². The molecule has 0 bridgehead atoms. The molecule has 2 aliphatic carbocycles. The van der Waals surface area contributed by atoms with Crippen molar-refractivity contribution in [2.45, 2.75) is 116 Å². The SMILES string of the molecule is CCCC1CCCC(CCCCCCCC2CCCCC2C=O)C1. The highest BCUT2D eigenvalue weighted by atomic mass is 16.1. The largest absolute Gasteiger partial charge is 0.303 e. The molecule has 2 aliphatic rings. The van der Waals surface area contributed by atoms with Gasteiger partial charge in [0.2, 0.25) is 0 Å². The zero-order valence-electron chi connectivity index (χ0n) is 16.3. The van der Waals surface area contributed by atoms with Gasteiger partial charge in [0.25, 0.3) is 0 Å². The molecular formula is C23H42O. The van der Waals surface area contributed by atoms with E-state index in [1.807, 2.05) is 0 Å². The van der Waals surface area contributed by atoms with E-state index in [0.717, 1.165) is 18.3 Å². The predicted octanol–water partition coefficient (Wildman–Crippen LogP) is 7.33. The summed E-state index contributed by atoms with van der Waals surface area (Å²) in [5, 5.41) is 0. The molecule has 1 nitrogen and oxygen atoms in total. The minimum Gasteiger partial charge on any atom is -0.303 e. The normalized spacial score (nSPS) is 31.0. The maximum Gasteiger partial charge on any atom is 0.123 e. The van der Waals surface area contributed by atoms with Gasteiger partial charge in [-0.15, -0.1) is 0 Å². The van der Waals surface area contributed by atoms with Crippen molar-refractivity contribution in [3.05, 3.63) is 0 Å². The lowest BCUT2D eigenvalue weighted by Gasteiger charge is -2.29. The van der Waals surface area contributed by atoms with Gasteiger partial charge in [-0.1, -0.05) is 90.4 Å². The second-order valence-corrected chi connectivity index (χ2v) is 8.88. The Morgan fingerprint density at radius 2 is 1.42 bits per heavy atom. The molecule has 0 heterocycles. The van der Waals surface area contributed by atoms with Crippen molar-refractivity contribution >= 4 is 6.29 Å². The Bertz CT molecular complexity index is 322. The van der Waals surface area contributed by atoms with Crippen molar-refractivity contribution in [2.24, 2.45) is 23.7 Å². The van der Waals surface area contributed by atoms with Crippen molar-refractivity contribution in [2.75, 3.05) is 0 Å². The zero-order valence-corrected chi connectivity index (χ0v) is 16.3. The summed E-state index contributed by atoms with van der Waals surface area (Å²) in [5.41, 5.74) is 0. The molecule has 0 aromatic heterocycles. The predicted molar refractivity (Wildman–Crippen MR) is 104 cm³/mol. The summed E-state index contributed by atoms with van der Waals surface area (Å²) >= 11 is 0. The highest BCUT2D eigenvalue weighted by molar-refractivity contribution is 5.54. The molecule has 4 unspecified atom stereocenters. The van der Waals surface area contributed by atoms with Crippen LogP contribution < -0.4 is 0 Å². The maximum atomic E-state index is 11.2. The van der Waals surface area contributed by atoms with Crippen molar-refractivity contribution in [1.82, 2.24) is 0 Å². The van der Waals surface area contributed by atoms with E-state index in [1.165, 1.54) is 109 Å². The third-order valence-electron chi connectivity index (χ3n) is 6.92. The summed E-state index contributed by atoms with van der Waals surface area (Å²) in [4.78, 5) is 11.2. The lowest BCUT2D eigenvalue weighted by Crippen LogP contribution is -2.20. The molecule has 4 atom stereocenters. The number of carbonyl (C=O) groups is 1. The number of aldehydes is 1. The van der Waals surface area contributed by atoms with Gasteiger partial charge in [0.15, 0.2) is 0 Å². The third kappa shape index (κ3) is 7.28. The number of hydrogen-bond donors (Lipinski definition) is 0. The van der Waals surface area contributed by atoms with Crippen molar-refractivity contribution in [1.29, 1.82) is 0 Å². The number of rotatable bonds is 11. The van der Waals surface area contributed by atoms with E-state index < -0.39 is 0 Å². The molecule has 1 heteroatoms. The smallest absolute Gasteiger partial charge is 0.123 e. The molecule has 0 aromatic carbocycles.